The van der Waals surface area contributed by atoms with E-state index in [-0.39, 0.29) is 12.3 Å². The molecule has 104 valence electrons. The zero-order chi connectivity index (χ0) is 13.7. The smallest absolute Gasteiger partial charge is 0.251 e. The molecular formula is C13H19N3O3. The lowest BCUT2D eigenvalue weighted by molar-refractivity contribution is -0.133. The maximum atomic E-state index is 11.6. The number of hydrogen-bond acceptors (Lipinski definition) is 3. The summed E-state index contributed by atoms with van der Waals surface area (Å²) in [6.45, 7) is 0.570. The fourth-order valence-corrected chi connectivity index (χ4v) is 2.35. The molecule has 1 heterocycles. The molecule has 2 rings (SSSR count). The Morgan fingerprint density at radius 1 is 1.26 bits per heavy atom. The van der Waals surface area contributed by atoms with E-state index in [1.54, 1.807) is 0 Å². The minimum absolute atomic E-state index is 0.0866. The standard InChI is InChI=1S/C13H19N3O3/c17-11(8-10-12(18)15-16-13(10)19)14-7-6-9-4-2-1-3-5-9/h4,10H,1-3,5-8H2,(H,14,17)(H,15,18)(H,16,19). The highest BCUT2D eigenvalue weighted by Crippen LogP contribution is 2.19. The molecule has 0 saturated carbocycles. The van der Waals surface area contributed by atoms with Crippen LogP contribution in [0, 0.1) is 5.92 Å². The van der Waals surface area contributed by atoms with Crippen LogP contribution in [0.15, 0.2) is 11.6 Å². The van der Waals surface area contributed by atoms with Crippen molar-refractivity contribution in [2.45, 2.75) is 38.5 Å². The lowest BCUT2D eigenvalue weighted by Gasteiger charge is -2.13. The molecule has 0 aromatic carbocycles. The van der Waals surface area contributed by atoms with E-state index in [0.29, 0.717) is 6.54 Å². The zero-order valence-electron chi connectivity index (χ0n) is 10.8. The van der Waals surface area contributed by atoms with Gasteiger partial charge in [0.25, 0.3) is 11.8 Å². The first-order chi connectivity index (χ1) is 9.16. The first-order valence-corrected chi connectivity index (χ1v) is 6.71. The van der Waals surface area contributed by atoms with Crippen molar-refractivity contribution in [2.24, 2.45) is 5.92 Å². The van der Waals surface area contributed by atoms with Crippen molar-refractivity contribution < 1.29 is 14.4 Å². The van der Waals surface area contributed by atoms with Crippen LogP contribution in [0.4, 0.5) is 0 Å². The average molecular weight is 265 g/mol. The summed E-state index contributed by atoms with van der Waals surface area (Å²) in [4.78, 5) is 34.2. The van der Waals surface area contributed by atoms with Gasteiger partial charge in [0.2, 0.25) is 5.91 Å². The summed E-state index contributed by atoms with van der Waals surface area (Å²) >= 11 is 0. The van der Waals surface area contributed by atoms with Crippen molar-refractivity contribution in [3.05, 3.63) is 11.6 Å². The van der Waals surface area contributed by atoms with Crippen LogP contribution >= 0.6 is 0 Å². The second-order valence-corrected chi connectivity index (χ2v) is 4.94. The summed E-state index contributed by atoms with van der Waals surface area (Å²) in [7, 11) is 0. The van der Waals surface area contributed by atoms with Gasteiger partial charge >= 0.3 is 0 Å². The number of allylic oxidation sites excluding steroid dienone is 1. The fraction of sp³-hybridized carbons (Fsp3) is 0.615. The number of carbonyl (C=O) groups excluding carboxylic acids is 3. The molecule has 1 saturated heterocycles. The van der Waals surface area contributed by atoms with Crippen LogP contribution in [0.5, 0.6) is 0 Å². The monoisotopic (exact) mass is 265 g/mol. The molecule has 2 aliphatic rings. The SMILES string of the molecule is O=C(CC1C(=O)NNC1=O)NCCC1=CCCCC1. The van der Waals surface area contributed by atoms with E-state index >= 15 is 0 Å². The molecule has 1 fully saturated rings. The van der Waals surface area contributed by atoms with Crippen molar-refractivity contribution in [3.63, 3.8) is 0 Å². The normalized spacial score (nSPS) is 19.7. The second kappa shape index (κ2) is 6.36. The molecule has 6 nitrogen and oxygen atoms in total. The number of rotatable bonds is 5. The summed E-state index contributed by atoms with van der Waals surface area (Å²) in [6.07, 6.45) is 7.73. The van der Waals surface area contributed by atoms with E-state index in [1.807, 2.05) is 0 Å². The largest absolute Gasteiger partial charge is 0.356 e. The topological polar surface area (TPSA) is 87.3 Å². The molecular weight excluding hydrogens is 246 g/mol. The van der Waals surface area contributed by atoms with Gasteiger partial charge in [-0.2, -0.15) is 0 Å². The fourth-order valence-electron chi connectivity index (χ4n) is 2.35. The molecule has 0 bridgehead atoms. The van der Waals surface area contributed by atoms with Gasteiger partial charge in [0.15, 0.2) is 0 Å². The lowest BCUT2D eigenvalue weighted by atomic mass is 9.97. The highest BCUT2D eigenvalue weighted by atomic mass is 16.2. The number of carbonyl (C=O) groups is 3. The van der Waals surface area contributed by atoms with Crippen LogP contribution in [-0.2, 0) is 14.4 Å². The molecule has 0 aromatic heterocycles. The third-order valence-electron chi connectivity index (χ3n) is 3.48. The van der Waals surface area contributed by atoms with E-state index in [4.69, 9.17) is 0 Å². The molecule has 0 aromatic rings. The zero-order valence-corrected chi connectivity index (χ0v) is 10.8. The minimum atomic E-state index is -0.895. The van der Waals surface area contributed by atoms with E-state index in [0.717, 1.165) is 19.3 Å². The maximum absolute atomic E-state index is 11.6. The van der Waals surface area contributed by atoms with Crippen molar-refractivity contribution in [1.82, 2.24) is 16.2 Å². The van der Waals surface area contributed by atoms with Gasteiger partial charge in [0, 0.05) is 13.0 Å². The molecule has 0 radical (unpaired) electrons. The Hall–Kier alpha value is -1.85. The van der Waals surface area contributed by atoms with Gasteiger partial charge in [-0.05, 0) is 32.1 Å². The van der Waals surface area contributed by atoms with E-state index in [1.165, 1.54) is 18.4 Å². The van der Waals surface area contributed by atoms with Gasteiger partial charge in [-0.15, -0.1) is 0 Å². The Balaban J connectivity index is 1.68. The lowest BCUT2D eigenvalue weighted by Crippen LogP contribution is -2.31. The summed E-state index contributed by atoms with van der Waals surface area (Å²) in [5.41, 5.74) is 5.80. The van der Waals surface area contributed by atoms with Gasteiger partial charge in [0.1, 0.15) is 5.92 Å². The van der Waals surface area contributed by atoms with Gasteiger partial charge in [-0.1, -0.05) is 11.6 Å². The molecule has 3 N–H and O–H groups in total. The van der Waals surface area contributed by atoms with E-state index < -0.39 is 17.7 Å². The van der Waals surface area contributed by atoms with Crippen molar-refractivity contribution in [1.29, 1.82) is 0 Å². The molecule has 1 aliphatic heterocycles. The molecule has 0 spiro atoms. The third-order valence-corrected chi connectivity index (χ3v) is 3.48. The predicted molar refractivity (Wildman–Crippen MR) is 68.6 cm³/mol. The second-order valence-electron chi connectivity index (χ2n) is 4.94. The molecule has 1 aliphatic carbocycles. The van der Waals surface area contributed by atoms with E-state index in [9.17, 15) is 14.4 Å². The Labute approximate surface area is 112 Å². The first kappa shape index (κ1) is 13.6. The summed E-state index contributed by atoms with van der Waals surface area (Å²) in [5, 5.41) is 2.76. The van der Waals surface area contributed by atoms with Gasteiger partial charge in [0.05, 0.1) is 0 Å². The van der Waals surface area contributed by atoms with Gasteiger partial charge < -0.3 is 5.32 Å². The third kappa shape index (κ3) is 3.81. The van der Waals surface area contributed by atoms with Crippen LogP contribution in [0.3, 0.4) is 0 Å². The quantitative estimate of drug-likeness (QED) is 0.489. The van der Waals surface area contributed by atoms with Crippen LogP contribution in [0.2, 0.25) is 0 Å². The van der Waals surface area contributed by atoms with Gasteiger partial charge in [-0.25, -0.2) is 0 Å². The Bertz CT molecular complexity index is 401. The van der Waals surface area contributed by atoms with Crippen LogP contribution in [0.1, 0.15) is 38.5 Å². The molecule has 19 heavy (non-hydrogen) atoms. The number of hydrogen-bond donors (Lipinski definition) is 3. The molecule has 0 unspecified atom stereocenters. The number of amides is 3. The highest BCUT2D eigenvalue weighted by molar-refractivity contribution is 6.07. The molecule has 0 atom stereocenters. The Morgan fingerprint density at radius 2 is 2.00 bits per heavy atom. The van der Waals surface area contributed by atoms with Crippen molar-refractivity contribution >= 4 is 17.7 Å². The highest BCUT2D eigenvalue weighted by Gasteiger charge is 2.34. The first-order valence-electron chi connectivity index (χ1n) is 6.71. The average Bonchev–Trinajstić information content (AvgIpc) is 2.72. The van der Waals surface area contributed by atoms with Crippen LogP contribution in [0.25, 0.3) is 0 Å². The van der Waals surface area contributed by atoms with Gasteiger partial charge in [-0.3, -0.25) is 25.2 Å². The Morgan fingerprint density at radius 3 is 2.63 bits per heavy atom. The van der Waals surface area contributed by atoms with Crippen LogP contribution < -0.4 is 16.2 Å². The summed E-state index contributed by atoms with van der Waals surface area (Å²) in [6, 6.07) is 0. The number of nitrogens with one attached hydrogen (secondary N) is 3. The molecule has 6 heteroatoms. The predicted octanol–water partition coefficient (Wildman–Crippen LogP) is 0.160. The number of hydrazine groups is 1. The van der Waals surface area contributed by atoms with Crippen LogP contribution in [-0.4, -0.2) is 24.3 Å². The Kier molecular flexibility index (Phi) is 4.54. The summed E-state index contributed by atoms with van der Waals surface area (Å²) in [5.74, 6) is -2.02. The summed E-state index contributed by atoms with van der Waals surface area (Å²) < 4.78 is 0. The van der Waals surface area contributed by atoms with Crippen molar-refractivity contribution in [3.8, 4) is 0 Å². The minimum Gasteiger partial charge on any atom is -0.356 e. The molecule has 3 amide bonds. The van der Waals surface area contributed by atoms with Crippen molar-refractivity contribution in [2.75, 3.05) is 6.54 Å². The maximum Gasteiger partial charge on any atom is 0.251 e. The van der Waals surface area contributed by atoms with E-state index in [2.05, 4.69) is 22.2 Å².